The number of carbonyl (C=O) groups is 1. The molecule has 0 aromatic carbocycles. The fourth-order valence-electron chi connectivity index (χ4n) is 1.39. The van der Waals surface area contributed by atoms with E-state index in [0.29, 0.717) is 0 Å². The van der Waals surface area contributed by atoms with Crippen LogP contribution in [0.2, 0.25) is 0 Å². The van der Waals surface area contributed by atoms with Crippen LogP contribution in [0.4, 0.5) is 0 Å². The Morgan fingerprint density at radius 3 is 2.19 bits per heavy atom. The fourth-order valence-corrected chi connectivity index (χ4v) is 2.24. The summed E-state index contributed by atoms with van der Waals surface area (Å²) >= 11 is 1.49. The summed E-state index contributed by atoms with van der Waals surface area (Å²) in [5.74, 6) is 0.0342. The van der Waals surface area contributed by atoms with Crippen molar-refractivity contribution in [1.29, 1.82) is 0 Å². The maximum atomic E-state index is 12.0. The number of nitrogens with zero attached hydrogens (tertiary/aromatic N) is 2. The third kappa shape index (κ3) is 7.32. The SMILES string of the molecule is CN(C)/C=C/C=C/C(=O)c1ccc(/C=C/C=C/N(C)C)s1. The van der Waals surface area contributed by atoms with Crippen molar-refractivity contribution < 1.29 is 4.79 Å². The molecule has 0 fully saturated rings. The highest BCUT2D eigenvalue weighted by molar-refractivity contribution is 7.15. The molecule has 0 bridgehead atoms. The molecule has 0 radical (unpaired) electrons. The summed E-state index contributed by atoms with van der Waals surface area (Å²) in [7, 11) is 7.83. The normalized spacial score (nSPS) is 12.2. The highest BCUT2D eigenvalue weighted by atomic mass is 32.1. The Morgan fingerprint density at radius 2 is 1.57 bits per heavy atom. The van der Waals surface area contributed by atoms with Crippen LogP contribution in [0.3, 0.4) is 0 Å². The largest absolute Gasteiger partial charge is 0.383 e. The molecule has 0 saturated heterocycles. The van der Waals surface area contributed by atoms with Crippen LogP contribution in [0, 0.1) is 0 Å². The second kappa shape index (κ2) is 8.97. The van der Waals surface area contributed by atoms with Crippen LogP contribution in [0.1, 0.15) is 14.5 Å². The first kappa shape index (κ1) is 17.0. The molecular weight excluding hydrogens is 280 g/mol. The first-order valence-electron chi connectivity index (χ1n) is 6.66. The van der Waals surface area contributed by atoms with Gasteiger partial charge < -0.3 is 9.80 Å². The molecule has 0 saturated carbocycles. The van der Waals surface area contributed by atoms with Crippen LogP contribution in [-0.4, -0.2) is 43.8 Å². The Bertz CT molecular complexity index is 563. The lowest BCUT2D eigenvalue weighted by atomic mass is 10.3. The molecule has 1 aromatic rings. The van der Waals surface area contributed by atoms with Gasteiger partial charge >= 0.3 is 0 Å². The van der Waals surface area contributed by atoms with Crippen molar-refractivity contribution in [1.82, 2.24) is 9.80 Å². The molecule has 0 spiro atoms. The lowest BCUT2D eigenvalue weighted by Gasteiger charge is -2.00. The molecule has 0 unspecified atom stereocenters. The fraction of sp³-hybridized carbons (Fsp3) is 0.235. The van der Waals surface area contributed by atoms with Crippen LogP contribution in [0.15, 0.2) is 54.9 Å². The number of rotatable bonds is 7. The number of ketones is 1. The number of hydrogen-bond donors (Lipinski definition) is 0. The topological polar surface area (TPSA) is 23.6 Å². The molecule has 1 heterocycles. The minimum Gasteiger partial charge on any atom is -0.383 e. The van der Waals surface area contributed by atoms with Crippen molar-refractivity contribution in [3.05, 3.63) is 64.7 Å². The van der Waals surface area contributed by atoms with Crippen molar-refractivity contribution in [3.63, 3.8) is 0 Å². The number of thiophene rings is 1. The van der Waals surface area contributed by atoms with E-state index in [2.05, 4.69) is 0 Å². The van der Waals surface area contributed by atoms with E-state index in [-0.39, 0.29) is 5.78 Å². The molecule has 0 aliphatic rings. The molecule has 112 valence electrons. The standard InChI is InChI=1S/C17H22N2OS/c1-18(2)13-7-5-9-15-11-12-17(21-15)16(20)10-6-8-14-19(3)4/h5-14H,1-4H3/b9-5+,10-6+,13-7+,14-8+. The highest BCUT2D eigenvalue weighted by Gasteiger charge is 2.03. The number of hydrogen-bond acceptors (Lipinski definition) is 4. The van der Waals surface area contributed by atoms with Gasteiger partial charge in [-0.05, 0) is 48.8 Å². The lowest BCUT2D eigenvalue weighted by Crippen LogP contribution is -1.99. The van der Waals surface area contributed by atoms with Crippen molar-refractivity contribution in [2.45, 2.75) is 0 Å². The molecule has 0 aliphatic carbocycles. The van der Waals surface area contributed by atoms with E-state index >= 15 is 0 Å². The van der Waals surface area contributed by atoms with Gasteiger partial charge in [-0.1, -0.05) is 12.2 Å². The first-order chi connectivity index (χ1) is 9.99. The smallest absolute Gasteiger partial charge is 0.195 e. The molecular formula is C17H22N2OS. The second-order valence-electron chi connectivity index (χ2n) is 4.89. The van der Waals surface area contributed by atoms with Crippen LogP contribution < -0.4 is 0 Å². The van der Waals surface area contributed by atoms with Gasteiger partial charge in [0.1, 0.15) is 0 Å². The van der Waals surface area contributed by atoms with Gasteiger partial charge in [0, 0.05) is 33.1 Å². The van der Waals surface area contributed by atoms with Gasteiger partial charge in [0.15, 0.2) is 5.78 Å². The minimum atomic E-state index is 0.0342. The Labute approximate surface area is 131 Å². The van der Waals surface area contributed by atoms with Gasteiger partial charge in [-0.2, -0.15) is 0 Å². The monoisotopic (exact) mass is 302 g/mol. The molecule has 0 atom stereocenters. The van der Waals surface area contributed by atoms with Crippen molar-refractivity contribution in [2.24, 2.45) is 0 Å². The van der Waals surface area contributed by atoms with E-state index in [0.717, 1.165) is 9.75 Å². The minimum absolute atomic E-state index is 0.0342. The Morgan fingerprint density at radius 1 is 0.952 bits per heavy atom. The van der Waals surface area contributed by atoms with Crippen molar-refractivity contribution in [3.8, 4) is 0 Å². The molecule has 3 nitrogen and oxygen atoms in total. The zero-order chi connectivity index (χ0) is 15.7. The van der Waals surface area contributed by atoms with Gasteiger partial charge in [-0.15, -0.1) is 11.3 Å². The molecule has 0 amide bonds. The van der Waals surface area contributed by atoms with Crippen LogP contribution >= 0.6 is 11.3 Å². The zero-order valence-electron chi connectivity index (χ0n) is 13.0. The molecule has 0 N–H and O–H groups in total. The molecule has 4 heteroatoms. The van der Waals surface area contributed by atoms with E-state index in [9.17, 15) is 4.79 Å². The Balaban J connectivity index is 2.60. The summed E-state index contributed by atoms with van der Waals surface area (Å²) in [5.41, 5.74) is 0. The summed E-state index contributed by atoms with van der Waals surface area (Å²) < 4.78 is 0. The maximum absolute atomic E-state index is 12.0. The Kier molecular flexibility index (Phi) is 7.26. The van der Waals surface area contributed by atoms with E-state index < -0.39 is 0 Å². The molecule has 1 rings (SSSR count). The van der Waals surface area contributed by atoms with Gasteiger partial charge in [-0.25, -0.2) is 0 Å². The number of allylic oxidation sites excluding steroid dienone is 5. The first-order valence-corrected chi connectivity index (χ1v) is 7.47. The van der Waals surface area contributed by atoms with Crippen LogP contribution in [-0.2, 0) is 0 Å². The average molecular weight is 302 g/mol. The lowest BCUT2D eigenvalue weighted by molar-refractivity contribution is 0.105. The molecule has 0 aliphatic heterocycles. The summed E-state index contributed by atoms with van der Waals surface area (Å²) in [6.45, 7) is 0. The molecule has 1 aromatic heterocycles. The Hall–Kier alpha value is -2.07. The van der Waals surface area contributed by atoms with Crippen molar-refractivity contribution >= 4 is 23.2 Å². The third-order valence-corrected chi connectivity index (χ3v) is 3.43. The van der Waals surface area contributed by atoms with E-state index in [4.69, 9.17) is 0 Å². The van der Waals surface area contributed by atoms with Gasteiger partial charge in [0.05, 0.1) is 4.88 Å². The highest BCUT2D eigenvalue weighted by Crippen LogP contribution is 2.19. The second-order valence-corrected chi connectivity index (χ2v) is 6.01. The van der Waals surface area contributed by atoms with E-state index in [1.165, 1.54) is 11.3 Å². The van der Waals surface area contributed by atoms with Crippen LogP contribution in [0.5, 0.6) is 0 Å². The van der Waals surface area contributed by atoms with Crippen LogP contribution in [0.25, 0.3) is 6.08 Å². The molecule has 21 heavy (non-hydrogen) atoms. The summed E-state index contributed by atoms with van der Waals surface area (Å²) in [6.07, 6.45) is 15.0. The predicted molar refractivity (Wildman–Crippen MR) is 92.5 cm³/mol. The number of carbonyl (C=O) groups excluding carboxylic acids is 1. The summed E-state index contributed by atoms with van der Waals surface area (Å²) in [5, 5.41) is 0. The van der Waals surface area contributed by atoms with E-state index in [1.54, 1.807) is 12.2 Å². The predicted octanol–water partition coefficient (Wildman–Crippen LogP) is 3.65. The average Bonchev–Trinajstić information content (AvgIpc) is 2.88. The summed E-state index contributed by atoms with van der Waals surface area (Å²) in [6, 6.07) is 3.82. The van der Waals surface area contributed by atoms with Gasteiger partial charge in [-0.3, -0.25) is 4.79 Å². The summed E-state index contributed by atoms with van der Waals surface area (Å²) in [4.78, 5) is 17.7. The third-order valence-electron chi connectivity index (χ3n) is 2.37. The van der Waals surface area contributed by atoms with Gasteiger partial charge in [0.25, 0.3) is 0 Å². The van der Waals surface area contributed by atoms with E-state index in [1.807, 2.05) is 86.8 Å². The zero-order valence-corrected chi connectivity index (χ0v) is 13.8. The quantitative estimate of drug-likeness (QED) is 0.436. The maximum Gasteiger partial charge on any atom is 0.195 e. The van der Waals surface area contributed by atoms with Crippen molar-refractivity contribution in [2.75, 3.05) is 28.2 Å². The van der Waals surface area contributed by atoms with Gasteiger partial charge in [0.2, 0.25) is 0 Å².